The van der Waals surface area contributed by atoms with Gasteiger partial charge in [0.25, 0.3) is 0 Å². The SMILES string of the molecule is CC(=O)c1cc(Cl)c2c(c1)CC(C)O2. The fourth-order valence-electron chi connectivity index (χ4n) is 1.69. The third-order valence-electron chi connectivity index (χ3n) is 2.35. The average molecular weight is 211 g/mol. The normalized spacial score (nSPS) is 18.9. The highest BCUT2D eigenvalue weighted by Gasteiger charge is 2.22. The summed E-state index contributed by atoms with van der Waals surface area (Å²) in [6.07, 6.45) is 0.987. The Labute approximate surface area is 87.8 Å². The summed E-state index contributed by atoms with van der Waals surface area (Å²) in [5, 5.41) is 0.539. The molecule has 0 aliphatic carbocycles. The highest BCUT2D eigenvalue weighted by atomic mass is 35.5. The average Bonchev–Trinajstić information content (AvgIpc) is 2.45. The van der Waals surface area contributed by atoms with E-state index in [9.17, 15) is 4.79 Å². The number of ether oxygens (including phenoxy) is 1. The van der Waals surface area contributed by atoms with Crippen LogP contribution in [0.2, 0.25) is 5.02 Å². The van der Waals surface area contributed by atoms with Crippen molar-refractivity contribution in [2.24, 2.45) is 0 Å². The second-order valence-corrected chi connectivity index (χ2v) is 4.04. The van der Waals surface area contributed by atoms with E-state index in [1.54, 1.807) is 6.07 Å². The molecule has 1 heterocycles. The Morgan fingerprint density at radius 1 is 1.57 bits per heavy atom. The molecule has 3 heteroatoms. The molecule has 14 heavy (non-hydrogen) atoms. The maximum atomic E-state index is 11.2. The molecule has 0 spiro atoms. The highest BCUT2D eigenvalue weighted by molar-refractivity contribution is 6.32. The van der Waals surface area contributed by atoms with Crippen LogP contribution in [0.1, 0.15) is 29.8 Å². The Hall–Kier alpha value is -1.02. The van der Waals surface area contributed by atoms with Crippen molar-refractivity contribution in [1.82, 2.24) is 0 Å². The molecular formula is C11H11ClO2. The lowest BCUT2D eigenvalue weighted by atomic mass is 10.0. The Bertz CT molecular complexity index is 399. The molecular weight excluding hydrogens is 200 g/mol. The van der Waals surface area contributed by atoms with Crippen LogP contribution in [0.3, 0.4) is 0 Å². The fraction of sp³-hybridized carbons (Fsp3) is 0.364. The third kappa shape index (κ3) is 1.50. The molecule has 1 aromatic rings. The zero-order valence-corrected chi connectivity index (χ0v) is 8.89. The molecule has 2 nitrogen and oxygen atoms in total. The van der Waals surface area contributed by atoms with Gasteiger partial charge >= 0.3 is 0 Å². The first-order chi connectivity index (χ1) is 6.58. The van der Waals surface area contributed by atoms with Crippen LogP contribution >= 0.6 is 11.6 Å². The van der Waals surface area contributed by atoms with Gasteiger partial charge in [-0.25, -0.2) is 0 Å². The van der Waals surface area contributed by atoms with Gasteiger partial charge in [-0.2, -0.15) is 0 Å². The Morgan fingerprint density at radius 3 is 2.93 bits per heavy atom. The van der Waals surface area contributed by atoms with Crippen molar-refractivity contribution in [2.45, 2.75) is 26.4 Å². The second-order valence-electron chi connectivity index (χ2n) is 3.64. The van der Waals surface area contributed by atoms with Crippen LogP contribution in [0.4, 0.5) is 0 Å². The predicted molar refractivity (Wildman–Crippen MR) is 55.3 cm³/mol. The summed E-state index contributed by atoms with van der Waals surface area (Å²) in [6.45, 7) is 3.53. The van der Waals surface area contributed by atoms with Crippen molar-refractivity contribution in [3.05, 3.63) is 28.3 Å². The molecule has 0 bridgehead atoms. The van der Waals surface area contributed by atoms with Crippen molar-refractivity contribution in [3.63, 3.8) is 0 Å². The minimum Gasteiger partial charge on any atom is -0.489 e. The molecule has 1 atom stereocenters. The number of Topliss-reactive ketones (excluding diaryl/α,β-unsaturated/α-hetero) is 1. The van der Waals surface area contributed by atoms with Crippen LogP contribution in [-0.2, 0) is 6.42 Å². The number of rotatable bonds is 1. The Morgan fingerprint density at radius 2 is 2.29 bits per heavy atom. The summed E-state index contributed by atoms with van der Waals surface area (Å²) in [5.41, 5.74) is 1.70. The van der Waals surface area contributed by atoms with E-state index in [0.717, 1.165) is 17.7 Å². The van der Waals surface area contributed by atoms with Gasteiger partial charge in [-0.05, 0) is 26.0 Å². The first-order valence-corrected chi connectivity index (χ1v) is 4.95. The lowest BCUT2D eigenvalue weighted by molar-refractivity contribution is 0.101. The van der Waals surface area contributed by atoms with Crippen LogP contribution in [0, 0.1) is 0 Å². The van der Waals surface area contributed by atoms with Crippen LogP contribution < -0.4 is 4.74 Å². The molecule has 0 amide bonds. The van der Waals surface area contributed by atoms with Gasteiger partial charge in [0.05, 0.1) is 5.02 Å². The van der Waals surface area contributed by atoms with E-state index in [4.69, 9.17) is 16.3 Å². The first kappa shape index (κ1) is 9.53. The number of fused-ring (bicyclic) bond motifs is 1. The monoisotopic (exact) mass is 210 g/mol. The molecule has 2 rings (SSSR count). The molecule has 1 aliphatic rings. The van der Waals surface area contributed by atoms with E-state index in [-0.39, 0.29) is 11.9 Å². The molecule has 0 saturated heterocycles. The van der Waals surface area contributed by atoms with Gasteiger partial charge in [0.1, 0.15) is 11.9 Å². The summed E-state index contributed by atoms with van der Waals surface area (Å²) in [5.74, 6) is 0.776. The highest BCUT2D eigenvalue weighted by Crippen LogP contribution is 2.36. The number of ketones is 1. The van der Waals surface area contributed by atoms with Gasteiger partial charge in [0.15, 0.2) is 5.78 Å². The second kappa shape index (κ2) is 3.28. The van der Waals surface area contributed by atoms with Gasteiger partial charge in [-0.1, -0.05) is 11.6 Å². The summed E-state index contributed by atoms with van der Waals surface area (Å²) in [4.78, 5) is 11.2. The molecule has 0 N–H and O–H groups in total. The largest absolute Gasteiger partial charge is 0.489 e. The predicted octanol–water partition coefficient (Wildman–Crippen LogP) is 2.87. The maximum Gasteiger partial charge on any atom is 0.159 e. The summed E-state index contributed by atoms with van der Waals surface area (Å²) in [6, 6.07) is 3.54. The maximum absolute atomic E-state index is 11.2. The van der Waals surface area contributed by atoms with Crippen molar-refractivity contribution < 1.29 is 9.53 Å². The minimum atomic E-state index is 0.0363. The lowest BCUT2D eigenvalue weighted by Crippen LogP contribution is -2.05. The van der Waals surface area contributed by atoms with E-state index < -0.39 is 0 Å². The Kier molecular flexibility index (Phi) is 2.23. The molecule has 1 aromatic carbocycles. The molecule has 0 aromatic heterocycles. The standard InChI is InChI=1S/C11H11ClO2/c1-6-3-9-4-8(7(2)13)5-10(12)11(9)14-6/h4-6H,3H2,1-2H3. The van der Waals surface area contributed by atoms with Gasteiger partial charge in [0, 0.05) is 17.5 Å². The number of halogens is 1. The van der Waals surface area contributed by atoms with Gasteiger partial charge < -0.3 is 4.74 Å². The smallest absolute Gasteiger partial charge is 0.159 e. The van der Waals surface area contributed by atoms with E-state index in [2.05, 4.69) is 0 Å². The molecule has 1 unspecified atom stereocenters. The zero-order valence-electron chi connectivity index (χ0n) is 8.13. The first-order valence-electron chi connectivity index (χ1n) is 4.58. The lowest BCUT2D eigenvalue weighted by Gasteiger charge is -2.05. The third-order valence-corrected chi connectivity index (χ3v) is 2.63. The van der Waals surface area contributed by atoms with E-state index in [1.165, 1.54) is 6.92 Å². The number of hydrogen-bond donors (Lipinski definition) is 0. The number of hydrogen-bond acceptors (Lipinski definition) is 2. The van der Waals surface area contributed by atoms with Crippen molar-refractivity contribution in [3.8, 4) is 5.75 Å². The quantitative estimate of drug-likeness (QED) is 0.667. The van der Waals surface area contributed by atoms with Crippen LogP contribution in [-0.4, -0.2) is 11.9 Å². The van der Waals surface area contributed by atoms with Gasteiger partial charge in [0.2, 0.25) is 0 Å². The van der Waals surface area contributed by atoms with Crippen molar-refractivity contribution in [1.29, 1.82) is 0 Å². The summed E-state index contributed by atoms with van der Waals surface area (Å²) >= 11 is 6.01. The molecule has 1 aliphatic heterocycles. The molecule has 0 fully saturated rings. The summed E-state index contributed by atoms with van der Waals surface area (Å²) < 4.78 is 5.53. The Balaban J connectivity index is 2.51. The van der Waals surface area contributed by atoms with Crippen molar-refractivity contribution >= 4 is 17.4 Å². The van der Waals surface area contributed by atoms with Crippen molar-refractivity contribution in [2.75, 3.05) is 0 Å². The van der Waals surface area contributed by atoms with Crippen LogP contribution in [0.25, 0.3) is 0 Å². The van der Waals surface area contributed by atoms with Gasteiger partial charge in [-0.15, -0.1) is 0 Å². The summed E-state index contributed by atoms with van der Waals surface area (Å²) in [7, 11) is 0. The van der Waals surface area contributed by atoms with E-state index in [1.807, 2.05) is 13.0 Å². The van der Waals surface area contributed by atoms with Crippen LogP contribution in [0.5, 0.6) is 5.75 Å². The van der Waals surface area contributed by atoms with E-state index in [0.29, 0.717) is 10.6 Å². The van der Waals surface area contributed by atoms with Crippen LogP contribution in [0.15, 0.2) is 12.1 Å². The topological polar surface area (TPSA) is 26.3 Å². The molecule has 74 valence electrons. The molecule has 0 radical (unpaired) electrons. The number of carbonyl (C=O) groups excluding carboxylic acids is 1. The number of benzene rings is 1. The molecule has 0 saturated carbocycles. The van der Waals surface area contributed by atoms with Gasteiger partial charge in [-0.3, -0.25) is 4.79 Å². The number of carbonyl (C=O) groups is 1. The zero-order chi connectivity index (χ0) is 10.3. The fourth-order valence-corrected chi connectivity index (χ4v) is 1.97. The van der Waals surface area contributed by atoms with E-state index >= 15 is 0 Å². The minimum absolute atomic E-state index is 0.0363.